The fraction of sp³-hybridized carbons (Fsp3) is 0.342. The zero-order valence-electron chi connectivity index (χ0n) is 50.2. The molecule has 0 heterocycles. The van der Waals surface area contributed by atoms with Gasteiger partial charge in [0, 0.05) is 38.6 Å². The first-order valence-electron chi connectivity index (χ1n) is 27.5. The van der Waals surface area contributed by atoms with Gasteiger partial charge in [0.15, 0.2) is 0 Å². The molecule has 0 amide bonds. The Morgan fingerprint density at radius 1 is 0.300 bits per heavy atom. The highest BCUT2D eigenvalue weighted by Crippen LogP contribution is 2.48. The van der Waals surface area contributed by atoms with E-state index in [9.17, 15) is 0 Å². The van der Waals surface area contributed by atoms with Crippen molar-refractivity contribution >= 4 is 96.2 Å². The molecule has 0 unspecified atom stereocenters. The Morgan fingerprint density at radius 3 is 0.738 bits per heavy atom. The molecule has 0 saturated heterocycles. The van der Waals surface area contributed by atoms with Gasteiger partial charge in [0.25, 0.3) is 0 Å². The van der Waals surface area contributed by atoms with Crippen LogP contribution in [0.2, 0.25) is 15.1 Å². The molecule has 0 spiro atoms. The summed E-state index contributed by atoms with van der Waals surface area (Å²) in [4.78, 5) is 4.57. The first-order chi connectivity index (χ1) is 36.6. The molecule has 8 aromatic carbocycles. The van der Waals surface area contributed by atoms with Gasteiger partial charge in [0.2, 0.25) is 0 Å². The molecule has 0 saturated carbocycles. The summed E-state index contributed by atoms with van der Waals surface area (Å²) in [7, 11) is 0. The maximum Gasteiger partial charge on any atom is 0.0887 e. The number of halogens is 4. The maximum atomic E-state index is 7.63. The predicted molar refractivity (Wildman–Crippen MR) is 360 cm³/mol. The molecule has 8 rings (SSSR count). The lowest BCUT2D eigenvalue weighted by atomic mass is 9.86. The molecule has 0 aromatic heterocycles. The average Bonchev–Trinajstić information content (AvgIpc) is 3.36. The number of rotatable bonds is 8. The third-order valence-corrected chi connectivity index (χ3v) is 16.2. The van der Waals surface area contributed by atoms with Gasteiger partial charge in [0.05, 0.1) is 26.4 Å². The third kappa shape index (κ3) is 17.3. The topological polar surface area (TPSA) is 18.5 Å². The van der Waals surface area contributed by atoms with Gasteiger partial charge in [-0.3, -0.25) is 0 Å². The Bertz CT molecular complexity index is 2900. The molecule has 3 nitrogen and oxygen atoms in total. The molecule has 7 heteroatoms. The highest BCUT2D eigenvalue weighted by atomic mass is 79.9. The van der Waals surface area contributed by atoms with Gasteiger partial charge < -0.3 is 15.1 Å². The van der Waals surface area contributed by atoms with E-state index >= 15 is 0 Å². The van der Waals surface area contributed by atoms with E-state index < -0.39 is 0 Å². The molecule has 0 atom stereocenters. The molecule has 0 aliphatic rings. The lowest BCUT2D eigenvalue weighted by molar-refractivity contribution is 0.590. The van der Waals surface area contributed by atoms with Crippen LogP contribution in [0.3, 0.4) is 0 Å². The monoisotopic (exact) mass is 1190 g/mol. The van der Waals surface area contributed by atoms with Crippen molar-refractivity contribution in [3.05, 3.63) is 235 Å². The molecule has 1 N–H and O–H groups in total. The summed E-state index contributed by atoms with van der Waals surface area (Å²) >= 11 is 22.2. The van der Waals surface area contributed by atoms with Crippen molar-refractivity contribution in [1.29, 1.82) is 0 Å². The fourth-order valence-corrected chi connectivity index (χ4v) is 9.98. The average molecular weight is 1190 g/mol. The van der Waals surface area contributed by atoms with Crippen LogP contribution in [-0.2, 0) is 32.5 Å². The van der Waals surface area contributed by atoms with Gasteiger partial charge >= 0.3 is 0 Å². The van der Waals surface area contributed by atoms with Crippen LogP contribution in [0, 0.1) is 0 Å². The highest BCUT2D eigenvalue weighted by Gasteiger charge is 2.25. The van der Waals surface area contributed by atoms with Gasteiger partial charge in [-0.15, -0.1) is 0 Å². The van der Waals surface area contributed by atoms with Crippen molar-refractivity contribution in [2.75, 3.05) is 15.1 Å². The third-order valence-electron chi connectivity index (χ3n) is 14.1. The van der Waals surface area contributed by atoms with Gasteiger partial charge in [-0.2, -0.15) is 0 Å². The predicted octanol–water partition coefficient (Wildman–Crippen LogP) is 24.9. The van der Waals surface area contributed by atoms with Gasteiger partial charge in [-0.25, -0.2) is 0 Å². The lowest BCUT2D eigenvalue weighted by Gasteiger charge is -2.32. The molecule has 0 radical (unpaired) electrons. The summed E-state index contributed by atoms with van der Waals surface area (Å²) in [5.41, 5.74) is 16.9. The standard InChI is InChI=1S/C46H55ClN2.C20H27N.C6H3BrCl2.CH4/c1-43(2,3)32-16-24-36(25-17-32)48(37-26-18-33(19-27-37)44(4,5)6)40-14-13-15-41(42(40)47)49(38-28-20-34(21-29-38)45(7,8)9)39-30-22-35(23-31-39)46(10,11)12;1-19(2,3)15-7-11-17(12-8-15)21-18-13-9-16(10-14-18)20(4,5)6;7-4-2-1-3-5(8)6(4)9;/h13-31H,1-12H3;7-14,21H,1-6H3;1-3H;1H4. The minimum Gasteiger partial charge on any atom is -0.356 e. The van der Waals surface area contributed by atoms with Crippen LogP contribution < -0.4 is 15.1 Å². The summed E-state index contributed by atoms with van der Waals surface area (Å²) in [6.45, 7) is 40.4. The van der Waals surface area contributed by atoms with Crippen LogP contribution in [0.5, 0.6) is 0 Å². The van der Waals surface area contributed by atoms with E-state index in [0.29, 0.717) is 15.1 Å². The minimum atomic E-state index is 0. The largest absolute Gasteiger partial charge is 0.356 e. The van der Waals surface area contributed by atoms with Crippen molar-refractivity contribution in [1.82, 2.24) is 0 Å². The molecule has 0 fully saturated rings. The SMILES string of the molecule is C.CC(C)(C)c1ccc(N(c2ccc(C(C)(C)C)cc2)c2cccc(N(c3ccc(C(C)(C)C)cc3)c3ccc(C(C)(C)C)cc3)c2Cl)cc1.CC(C)(C)c1ccc(Nc2ccc(C(C)(C)C)cc2)cc1.Clc1cccc(Br)c1Cl. The number of nitrogens with one attached hydrogen (secondary N) is 1. The number of anilines is 8. The summed E-state index contributed by atoms with van der Waals surface area (Å²) < 4.78 is 0.830. The van der Waals surface area contributed by atoms with Crippen LogP contribution in [0.4, 0.5) is 45.5 Å². The molecule has 0 aliphatic heterocycles. The van der Waals surface area contributed by atoms with Crippen molar-refractivity contribution < 1.29 is 0 Å². The summed E-state index contributed by atoms with van der Waals surface area (Å²) in [6.07, 6.45) is 0. The number of hydrogen-bond donors (Lipinski definition) is 1. The first-order valence-corrected chi connectivity index (χ1v) is 29.4. The fourth-order valence-electron chi connectivity index (χ4n) is 8.90. The Balaban J connectivity index is 0.000000309. The van der Waals surface area contributed by atoms with Gasteiger partial charge in [-0.05, 0) is 179 Å². The molecular formula is C73H89BrCl3N3. The molecular weight excluding hydrogens is 1110 g/mol. The minimum absolute atomic E-state index is 0. The summed E-state index contributed by atoms with van der Waals surface area (Å²) in [6, 6.07) is 64.9. The van der Waals surface area contributed by atoms with Crippen molar-refractivity contribution in [3.63, 3.8) is 0 Å². The number of benzene rings is 8. The Morgan fingerprint density at radius 2 is 0.525 bits per heavy atom. The Kier molecular flexibility index (Phi) is 21.4. The summed E-state index contributed by atoms with van der Waals surface area (Å²) in [5.74, 6) is 0. The second-order valence-electron chi connectivity index (χ2n) is 26.8. The van der Waals surface area contributed by atoms with E-state index in [2.05, 4.69) is 319 Å². The van der Waals surface area contributed by atoms with Gasteiger partial charge in [0.1, 0.15) is 0 Å². The normalized spacial score (nSPS) is 12.0. The first kappa shape index (κ1) is 65.3. The Labute approximate surface area is 507 Å². The van der Waals surface area contributed by atoms with Crippen molar-refractivity contribution in [2.24, 2.45) is 0 Å². The second-order valence-corrected chi connectivity index (χ2v) is 28.8. The zero-order chi connectivity index (χ0) is 58.5. The highest BCUT2D eigenvalue weighted by molar-refractivity contribution is 9.10. The van der Waals surface area contributed by atoms with Crippen LogP contribution in [0.15, 0.2) is 186 Å². The van der Waals surface area contributed by atoms with E-state index in [1.54, 1.807) is 6.07 Å². The van der Waals surface area contributed by atoms with E-state index in [1.807, 2.05) is 12.1 Å². The zero-order valence-corrected chi connectivity index (χ0v) is 54.1. The number of hydrogen-bond acceptors (Lipinski definition) is 3. The summed E-state index contributed by atoms with van der Waals surface area (Å²) in [5, 5.41) is 5.29. The van der Waals surface area contributed by atoms with Crippen LogP contribution in [0.25, 0.3) is 0 Å². The van der Waals surface area contributed by atoms with Crippen molar-refractivity contribution in [2.45, 2.75) is 165 Å². The lowest BCUT2D eigenvalue weighted by Crippen LogP contribution is -2.16. The molecule has 80 heavy (non-hydrogen) atoms. The molecule has 424 valence electrons. The van der Waals surface area contributed by atoms with E-state index in [4.69, 9.17) is 34.8 Å². The number of nitrogens with zero attached hydrogens (tertiary/aromatic N) is 2. The van der Waals surface area contributed by atoms with Crippen LogP contribution in [0.1, 0.15) is 165 Å². The van der Waals surface area contributed by atoms with E-state index in [0.717, 1.165) is 50.0 Å². The van der Waals surface area contributed by atoms with E-state index in [1.165, 1.54) is 33.4 Å². The quantitative estimate of drug-likeness (QED) is 0.153. The van der Waals surface area contributed by atoms with Crippen LogP contribution in [-0.4, -0.2) is 0 Å². The van der Waals surface area contributed by atoms with Gasteiger partial charge in [-0.1, -0.05) is 252 Å². The van der Waals surface area contributed by atoms with E-state index in [-0.39, 0.29) is 39.9 Å². The van der Waals surface area contributed by atoms with Crippen LogP contribution >= 0.6 is 50.7 Å². The molecule has 8 aromatic rings. The van der Waals surface area contributed by atoms with Crippen molar-refractivity contribution in [3.8, 4) is 0 Å². The maximum absolute atomic E-state index is 7.63. The molecule has 0 bridgehead atoms. The molecule has 0 aliphatic carbocycles. The second kappa shape index (κ2) is 26.2. The smallest absolute Gasteiger partial charge is 0.0887 e. The Hall–Kier alpha value is -5.49.